The van der Waals surface area contributed by atoms with Gasteiger partial charge in [0.25, 0.3) is 12.3 Å². The first-order valence-electron chi connectivity index (χ1n) is 19.3. The fraction of sp³-hybridized carbons (Fsp3) is 0.629. The van der Waals surface area contributed by atoms with E-state index in [2.05, 4.69) is 30.6 Å². The second kappa shape index (κ2) is 24.0. The summed E-state index contributed by atoms with van der Waals surface area (Å²) in [6.07, 6.45) is -15.2. The van der Waals surface area contributed by atoms with Crippen molar-refractivity contribution < 1.29 is 123 Å². The average molecular weight is 943 g/mol. The van der Waals surface area contributed by atoms with E-state index >= 15 is 0 Å². The summed E-state index contributed by atoms with van der Waals surface area (Å²) in [7, 11) is 0. The molecule has 1 aromatic rings. The van der Waals surface area contributed by atoms with Crippen molar-refractivity contribution >= 4 is 53.7 Å². The molecule has 13 unspecified atom stereocenters. The van der Waals surface area contributed by atoms with Crippen LogP contribution in [0, 0.1) is 5.92 Å². The minimum absolute atomic E-state index is 0. The van der Waals surface area contributed by atoms with Gasteiger partial charge < -0.3 is 92.8 Å². The van der Waals surface area contributed by atoms with Crippen molar-refractivity contribution in [1.82, 2.24) is 31.1 Å². The van der Waals surface area contributed by atoms with E-state index in [4.69, 9.17) is 15.7 Å². The summed E-state index contributed by atoms with van der Waals surface area (Å²) in [4.78, 5) is 96.9. The molecule has 352 valence electrons. The van der Waals surface area contributed by atoms with Crippen LogP contribution >= 0.6 is 12.3 Å². The number of nitrogens with zero attached hydrogens (tertiary/aromatic N) is 2. The number of amides is 7. The van der Waals surface area contributed by atoms with Crippen LogP contribution < -0.4 is 71.7 Å². The number of primary amides is 1. The van der Waals surface area contributed by atoms with Gasteiger partial charge in [0.2, 0.25) is 41.4 Å². The predicted octanol–water partition coefficient (Wildman–Crippen LogP) is -11.6. The maximum absolute atomic E-state index is 14.3. The number of rotatable bonds is 11. The molecule has 16 N–H and O–H groups in total. The van der Waals surface area contributed by atoms with Crippen molar-refractivity contribution in [3.05, 3.63) is 23.8 Å². The number of nitrogens with one attached hydrogen (secondary N) is 4. The first-order valence-corrected chi connectivity index (χ1v) is 20.0. The molecule has 1 aromatic carbocycles. The second-order valence-corrected chi connectivity index (χ2v) is 15.9. The minimum atomic E-state index is -2.48. The molecule has 7 amide bonds. The van der Waals surface area contributed by atoms with Crippen LogP contribution in [-0.4, -0.2) is 185 Å². The van der Waals surface area contributed by atoms with Crippen LogP contribution in [0.15, 0.2) is 18.2 Å². The summed E-state index contributed by atoms with van der Waals surface area (Å²) in [5.41, 5.74) is 10.9. The molecule has 29 heteroatoms. The molecule has 0 spiro atoms. The van der Waals surface area contributed by atoms with Crippen molar-refractivity contribution in [2.75, 3.05) is 19.6 Å². The zero-order chi connectivity index (χ0) is 47.0. The van der Waals surface area contributed by atoms with Gasteiger partial charge in [-0.1, -0.05) is 13.0 Å². The number of hydrogen-bond donors (Lipinski definition) is 14. The predicted molar refractivity (Wildman–Crippen MR) is 205 cm³/mol. The maximum Gasteiger partial charge on any atom is 1.00 e. The molecule has 27 nitrogen and oxygen atoms in total. The van der Waals surface area contributed by atoms with Crippen LogP contribution in [0.25, 0.3) is 0 Å². The Labute approximate surface area is 390 Å². The molecule has 14 atom stereocenters. The number of benzene rings is 1. The number of phenolic OH excluding ortho intramolecular Hbond substituents is 1. The Balaban J connectivity index is 0.0000109. The molecule has 3 aliphatic heterocycles. The van der Waals surface area contributed by atoms with Crippen LogP contribution in [0.1, 0.15) is 44.8 Å². The molecular weight excluding hydrogens is 891 g/mol. The van der Waals surface area contributed by atoms with E-state index in [0.29, 0.717) is 0 Å². The van der Waals surface area contributed by atoms with E-state index in [1.807, 2.05) is 0 Å². The van der Waals surface area contributed by atoms with Gasteiger partial charge in [0.1, 0.15) is 42.4 Å². The number of nitrogens with two attached hydrogens (primary N) is 2. The topological polar surface area (TPSA) is 439 Å². The Morgan fingerprint density at radius 3 is 2.14 bits per heavy atom. The molecular formula is C35H51N8NaO19S. The second-order valence-electron chi connectivity index (χ2n) is 15.4. The minimum Gasteiger partial charge on any atom is -0.691 e. The van der Waals surface area contributed by atoms with Crippen molar-refractivity contribution in [2.24, 2.45) is 17.4 Å². The van der Waals surface area contributed by atoms with Crippen molar-refractivity contribution in [3.63, 3.8) is 0 Å². The average Bonchev–Trinajstić information content (AvgIpc) is 3.76. The van der Waals surface area contributed by atoms with Crippen molar-refractivity contribution in [1.29, 1.82) is 0 Å². The van der Waals surface area contributed by atoms with Crippen LogP contribution in [0.3, 0.4) is 0 Å². The third kappa shape index (κ3) is 13.3. The molecule has 0 aromatic heterocycles. The molecule has 3 saturated heterocycles. The standard InChI is InChI=1S/C35H52N8O19S.Na/c1-12-10-43-26(27(12)50)33(56)38-9-15(45)6-17(36)30(53)39-23(13(2)44)34(57)42-11-16(46)7-18(42)31(54)41-25(32(55)40-24(35(43)58)20(48)8-22(37)49)29(52)28(51)14-3-4-19(47)21(5-14)60-63-62-61-59;/h3-5,12-13,15-18,20,23-29,44-48,50-52,59H,6-11,36H2,1-2H3,(H2,37,49)(H,38,56)(H,39,53)(H,40,55)(H,41,54);/q;+1/p-1/t12?,13?,15?,16?,17-,18?,20?,23?,24?,25?,26?,27?,28?,29?;/m0./s1. The van der Waals surface area contributed by atoms with E-state index in [1.54, 1.807) is 0 Å². The van der Waals surface area contributed by atoms with Crippen molar-refractivity contribution in [3.8, 4) is 11.5 Å². The number of carbonyl (C=O) groups is 7. The fourth-order valence-electron chi connectivity index (χ4n) is 7.34. The smallest absolute Gasteiger partial charge is 0.691 e. The van der Waals surface area contributed by atoms with Gasteiger partial charge in [-0.25, -0.2) is 0 Å². The van der Waals surface area contributed by atoms with Crippen LogP contribution in [-0.2, 0) is 42.9 Å². The zero-order valence-electron chi connectivity index (χ0n) is 34.6. The number of hydrogen-bond acceptors (Lipinski definition) is 21. The monoisotopic (exact) mass is 942 g/mol. The molecule has 3 heterocycles. The first kappa shape index (κ1) is 54.4. The molecule has 0 radical (unpaired) electrons. The van der Waals surface area contributed by atoms with Gasteiger partial charge in [0.05, 0.1) is 43.0 Å². The maximum atomic E-state index is 14.3. The number of aliphatic hydroxyl groups excluding tert-OH is 7. The summed E-state index contributed by atoms with van der Waals surface area (Å²) in [6.45, 7) is 0.978. The fourth-order valence-corrected chi connectivity index (χ4v) is 7.59. The Hall–Kier alpha value is -3.98. The third-order valence-corrected chi connectivity index (χ3v) is 11.0. The van der Waals surface area contributed by atoms with Gasteiger partial charge >= 0.3 is 29.6 Å². The first-order chi connectivity index (χ1) is 29.6. The van der Waals surface area contributed by atoms with Gasteiger partial charge in [-0.05, 0) is 31.0 Å². The van der Waals surface area contributed by atoms with Crippen LogP contribution in [0.4, 0.5) is 0 Å². The number of fused-ring (bicyclic) bond motifs is 2. The molecule has 0 saturated carbocycles. The third-order valence-electron chi connectivity index (χ3n) is 10.7. The normalized spacial score (nSPS) is 30.8. The van der Waals surface area contributed by atoms with E-state index in [0.717, 1.165) is 34.9 Å². The van der Waals surface area contributed by atoms with Gasteiger partial charge in [-0.2, -0.15) is 0 Å². The largest absolute Gasteiger partial charge is 1.00 e. The Bertz CT molecular complexity index is 1860. The zero-order valence-corrected chi connectivity index (χ0v) is 37.4. The summed E-state index contributed by atoms with van der Waals surface area (Å²) in [5.74, 6) is -10.6. The van der Waals surface area contributed by atoms with E-state index < -0.39 is 177 Å². The van der Waals surface area contributed by atoms with Gasteiger partial charge in [0.15, 0.2) is 11.5 Å². The Kier molecular flexibility index (Phi) is 20.4. The van der Waals surface area contributed by atoms with Crippen LogP contribution in [0.2, 0.25) is 0 Å². The summed E-state index contributed by atoms with van der Waals surface area (Å²) >= 11 is -0.0737. The van der Waals surface area contributed by atoms with E-state index in [1.165, 1.54) is 6.92 Å². The SMILES string of the molecule is CC(O)C1NC(=O)[C@@H](N)CC(O)CNC(=O)C2C(O)C(C)CN2C(=O)C(C(O)CC(N)=O)NC(=O)C(C(O)C(O)c2ccc(O)c(OSOO[O-])c2)NC(=O)C2CC(O)CN2C1=O.[Na+]. The number of phenols is 1. The van der Waals surface area contributed by atoms with E-state index in [9.17, 15) is 79.7 Å². The number of carbonyl (C=O) groups excluding carboxylic acids is 7. The van der Waals surface area contributed by atoms with Gasteiger partial charge in [-0.15, -0.1) is 4.33 Å². The molecule has 3 aliphatic rings. The van der Waals surface area contributed by atoms with Crippen molar-refractivity contribution in [2.45, 2.75) is 112 Å². The quantitative estimate of drug-likeness (QED) is 0.0322. The molecule has 0 bridgehead atoms. The molecule has 64 heavy (non-hydrogen) atoms. The number of β-amino-alcohol motifs (C(OH)–C–C–N with tert-alkyl or cyclic N) is 1. The van der Waals surface area contributed by atoms with Gasteiger partial charge in [0, 0.05) is 32.0 Å². The van der Waals surface area contributed by atoms with Crippen LogP contribution in [0.5, 0.6) is 11.5 Å². The Morgan fingerprint density at radius 2 is 1.52 bits per heavy atom. The van der Waals surface area contributed by atoms with E-state index in [-0.39, 0.29) is 47.4 Å². The summed E-state index contributed by atoms with van der Waals surface area (Å²) in [6, 6.07) is -8.69. The molecule has 4 rings (SSSR count). The molecule has 3 fully saturated rings. The number of aromatic hydroxyl groups is 1. The number of aliphatic hydroxyl groups is 7. The summed E-state index contributed by atoms with van der Waals surface area (Å²) < 4.78 is 8.94. The summed E-state index contributed by atoms with van der Waals surface area (Å²) in [5, 5.41) is 110. The van der Waals surface area contributed by atoms with Gasteiger partial charge in [-0.3, -0.25) is 38.6 Å². The Morgan fingerprint density at radius 1 is 0.891 bits per heavy atom. The molecule has 0 aliphatic carbocycles.